The molecule has 0 aromatic heterocycles. The van der Waals surface area contributed by atoms with Crippen molar-refractivity contribution in [1.29, 1.82) is 5.41 Å². The van der Waals surface area contributed by atoms with E-state index in [4.69, 9.17) is 11.1 Å². The Kier molecular flexibility index (Phi) is 0.719. The SMILES string of the molecule is N=C1C=CC(N)=C1. The van der Waals surface area contributed by atoms with Crippen molar-refractivity contribution in [3.63, 3.8) is 0 Å². The first-order chi connectivity index (χ1) is 3.29. The summed E-state index contributed by atoms with van der Waals surface area (Å²) >= 11 is 0. The van der Waals surface area contributed by atoms with Gasteiger partial charge in [-0.05, 0) is 18.2 Å². The maximum absolute atomic E-state index is 6.94. The van der Waals surface area contributed by atoms with Crippen LogP contribution in [0.2, 0.25) is 0 Å². The minimum absolute atomic E-state index is 0.484. The van der Waals surface area contributed by atoms with Crippen molar-refractivity contribution in [3.05, 3.63) is 23.9 Å². The fourth-order valence-corrected chi connectivity index (χ4v) is 0.462. The van der Waals surface area contributed by atoms with Gasteiger partial charge in [0.05, 0.1) is 5.71 Å². The molecule has 1 rings (SSSR count). The monoisotopic (exact) mass is 94.1 g/mol. The Morgan fingerprint density at radius 1 is 1.43 bits per heavy atom. The second-order valence-corrected chi connectivity index (χ2v) is 1.43. The number of hydrogen-bond donors (Lipinski definition) is 2. The molecule has 2 heteroatoms. The average molecular weight is 94.1 g/mol. The van der Waals surface area contributed by atoms with Gasteiger partial charge in [0, 0.05) is 5.70 Å². The first-order valence-corrected chi connectivity index (χ1v) is 2.03. The Balaban J connectivity index is 2.88. The van der Waals surface area contributed by atoms with E-state index in [1.165, 1.54) is 0 Å². The number of rotatable bonds is 0. The number of nitrogens with one attached hydrogen (secondary N) is 1. The molecule has 0 bridgehead atoms. The van der Waals surface area contributed by atoms with Crippen molar-refractivity contribution in [2.24, 2.45) is 5.73 Å². The molecule has 36 valence electrons. The third kappa shape index (κ3) is 0.682. The smallest absolute Gasteiger partial charge is 0.0561 e. The molecule has 0 atom stereocenters. The van der Waals surface area contributed by atoms with Crippen LogP contribution in [0.25, 0.3) is 0 Å². The Bertz CT molecular complexity index is 153. The van der Waals surface area contributed by atoms with E-state index in [2.05, 4.69) is 0 Å². The molecule has 0 heterocycles. The van der Waals surface area contributed by atoms with Crippen molar-refractivity contribution in [2.75, 3.05) is 0 Å². The molecule has 0 spiro atoms. The molecule has 7 heavy (non-hydrogen) atoms. The molecule has 1 aliphatic rings. The highest BCUT2D eigenvalue weighted by atomic mass is 14.6. The van der Waals surface area contributed by atoms with Gasteiger partial charge in [0.2, 0.25) is 0 Å². The van der Waals surface area contributed by atoms with Crippen molar-refractivity contribution in [3.8, 4) is 0 Å². The summed E-state index contributed by atoms with van der Waals surface area (Å²) in [5.41, 5.74) is 6.41. The standard InChI is InChI=1S/C5H6N2/c6-4-1-2-5(7)3-4/h1-3,6H,7H2. The van der Waals surface area contributed by atoms with Crippen LogP contribution in [0, 0.1) is 5.41 Å². The Morgan fingerprint density at radius 3 is 2.29 bits per heavy atom. The van der Waals surface area contributed by atoms with Crippen molar-refractivity contribution in [1.82, 2.24) is 0 Å². The first-order valence-electron chi connectivity index (χ1n) is 2.03. The Labute approximate surface area is 41.8 Å². The molecule has 0 aromatic carbocycles. The highest BCUT2D eigenvalue weighted by Crippen LogP contribution is 1.97. The van der Waals surface area contributed by atoms with Crippen LogP contribution in [0.5, 0.6) is 0 Å². The fraction of sp³-hybridized carbons (Fsp3) is 0. The molecule has 0 saturated carbocycles. The van der Waals surface area contributed by atoms with Gasteiger partial charge in [0.1, 0.15) is 0 Å². The second kappa shape index (κ2) is 1.22. The highest BCUT2D eigenvalue weighted by Gasteiger charge is 1.93. The van der Waals surface area contributed by atoms with E-state index >= 15 is 0 Å². The lowest BCUT2D eigenvalue weighted by Gasteiger charge is -1.76. The van der Waals surface area contributed by atoms with Gasteiger partial charge < -0.3 is 11.1 Å². The number of nitrogens with two attached hydrogens (primary N) is 1. The van der Waals surface area contributed by atoms with Gasteiger partial charge in [-0.25, -0.2) is 0 Å². The van der Waals surface area contributed by atoms with Crippen LogP contribution in [-0.4, -0.2) is 5.71 Å². The second-order valence-electron chi connectivity index (χ2n) is 1.43. The lowest BCUT2D eigenvalue weighted by atomic mass is 10.4. The van der Waals surface area contributed by atoms with Crippen LogP contribution in [-0.2, 0) is 0 Å². The maximum atomic E-state index is 6.94. The minimum atomic E-state index is 0.484. The summed E-state index contributed by atoms with van der Waals surface area (Å²) < 4.78 is 0. The number of allylic oxidation sites excluding steroid dienone is 3. The molecule has 0 unspecified atom stereocenters. The molecule has 0 amide bonds. The van der Waals surface area contributed by atoms with Gasteiger partial charge in [-0.15, -0.1) is 0 Å². The van der Waals surface area contributed by atoms with Crippen LogP contribution >= 0.6 is 0 Å². The zero-order valence-electron chi connectivity index (χ0n) is 3.81. The van der Waals surface area contributed by atoms with Gasteiger partial charge in [0.25, 0.3) is 0 Å². The summed E-state index contributed by atoms with van der Waals surface area (Å²) in [7, 11) is 0. The van der Waals surface area contributed by atoms with Crippen LogP contribution in [0.3, 0.4) is 0 Å². The fourth-order valence-electron chi connectivity index (χ4n) is 0.462. The van der Waals surface area contributed by atoms with Crippen LogP contribution in [0.4, 0.5) is 0 Å². The maximum Gasteiger partial charge on any atom is 0.0561 e. The molecular weight excluding hydrogens is 88.1 g/mol. The van der Waals surface area contributed by atoms with E-state index in [1.807, 2.05) is 0 Å². The van der Waals surface area contributed by atoms with Gasteiger partial charge in [0.15, 0.2) is 0 Å². The zero-order valence-corrected chi connectivity index (χ0v) is 3.81. The lowest BCUT2D eigenvalue weighted by molar-refractivity contribution is 1.46. The predicted molar refractivity (Wildman–Crippen MR) is 29.1 cm³/mol. The highest BCUT2D eigenvalue weighted by molar-refractivity contribution is 6.05. The van der Waals surface area contributed by atoms with Crippen molar-refractivity contribution < 1.29 is 0 Å². The van der Waals surface area contributed by atoms with Crippen molar-refractivity contribution >= 4 is 5.71 Å². The van der Waals surface area contributed by atoms with Gasteiger partial charge in [-0.3, -0.25) is 0 Å². The van der Waals surface area contributed by atoms with E-state index in [-0.39, 0.29) is 0 Å². The van der Waals surface area contributed by atoms with E-state index in [9.17, 15) is 0 Å². The molecule has 1 aliphatic carbocycles. The summed E-state index contributed by atoms with van der Waals surface area (Å²) in [5, 5.41) is 6.94. The Hall–Kier alpha value is -1.05. The van der Waals surface area contributed by atoms with Gasteiger partial charge in [-0.1, -0.05) is 0 Å². The van der Waals surface area contributed by atoms with E-state index in [0.29, 0.717) is 11.4 Å². The quantitative estimate of drug-likeness (QED) is 0.449. The van der Waals surface area contributed by atoms with Crippen LogP contribution < -0.4 is 5.73 Å². The first kappa shape index (κ1) is 4.12. The zero-order chi connectivity index (χ0) is 5.28. The van der Waals surface area contributed by atoms with E-state index in [1.54, 1.807) is 18.2 Å². The molecule has 0 aliphatic heterocycles. The normalized spacial score (nSPS) is 17.7. The molecule has 0 aromatic rings. The predicted octanol–water partition coefficient (Wildman–Crippen LogP) is 0.419. The van der Waals surface area contributed by atoms with Crippen LogP contribution in [0.15, 0.2) is 23.9 Å². The number of hydrogen-bond acceptors (Lipinski definition) is 2. The van der Waals surface area contributed by atoms with Gasteiger partial charge >= 0.3 is 0 Å². The summed E-state index contributed by atoms with van der Waals surface area (Å²) in [6, 6.07) is 0. The summed E-state index contributed by atoms with van der Waals surface area (Å²) in [4.78, 5) is 0. The third-order valence-corrected chi connectivity index (χ3v) is 0.778. The molecule has 2 nitrogen and oxygen atoms in total. The van der Waals surface area contributed by atoms with Gasteiger partial charge in [-0.2, -0.15) is 0 Å². The minimum Gasteiger partial charge on any atom is -0.399 e. The molecule has 0 radical (unpaired) electrons. The topological polar surface area (TPSA) is 49.9 Å². The Morgan fingerprint density at radius 2 is 2.14 bits per heavy atom. The van der Waals surface area contributed by atoms with E-state index in [0.717, 1.165) is 0 Å². The van der Waals surface area contributed by atoms with E-state index < -0.39 is 0 Å². The summed E-state index contributed by atoms with van der Waals surface area (Å²) in [6.07, 6.45) is 4.98. The molecule has 3 N–H and O–H groups in total. The molecule has 0 saturated heterocycles. The molecular formula is C5H6N2. The summed E-state index contributed by atoms with van der Waals surface area (Å²) in [6.45, 7) is 0. The van der Waals surface area contributed by atoms with Crippen molar-refractivity contribution in [2.45, 2.75) is 0 Å². The summed E-state index contributed by atoms with van der Waals surface area (Å²) in [5.74, 6) is 0. The van der Waals surface area contributed by atoms with Crippen LogP contribution in [0.1, 0.15) is 0 Å². The largest absolute Gasteiger partial charge is 0.399 e. The lowest BCUT2D eigenvalue weighted by Crippen LogP contribution is -1.88. The average Bonchev–Trinajstić information content (AvgIpc) is 1.87. The molecule has 0 fully saturated rings. The third-order valence-electron chi connectivity index (χ3n) is 0.778.